The number of thioether (sulfide) groups is 1. The fourth-order valence-electron chi connectivity index (χ4n) is 2.63. The number of ketones is 1. The zero-order chi connectivity index (χ0) is 19.8. The highest BCUT2D eigenvalue weighted by atomic mass is 32.2. The fraction of sp³-hybridized carbons (Fsp3) is 0.294. The molecular weight excluding hydrogens is 381 g/mol. The Bertz CT molecular complexity index is 994. The van der Waals surface area contributed by atoms with Crippen LogP contribution in [0, 0.1) is 20.8 Å². The molecule has 27 heavy (non-hydrogen) atoms. The first kappa shape index (κ1) is 19.2. The quantitative estimate of drug-likeness (QED) is 0.366. The highest BCUT2D eigenvalue weighted by Gasteiger charge is 2.32. The summed E-state index contributed by atoms with van der Waals surface area (Å²) in [4.78, 5) is 19.8. The maximum Gasteiger partial charge on any atom is 0.433 e. The number of hydrogen-bond acceptors (Lipinski definition) is 6. The van der Waals surface area contributed by atoms with Gasteiger partial charge in [0.2, 0.25) is 0 Å². The van der Waals surface area contributed by atoms with Crippen LogP contribution in [0.25, 0.3) is 5.82 Å². The molecule has 0 unspecified atom stereocenters. The van der Waals surface area contributed by atoms with E-state index in [0.717, 1.165) is 29.7 Å². The summed E-state index contributed by atoms with van der Waals surface area (Å²) >= 11 is 0.862. The lowest BCUT2D eigenvalue weighted by molar-refractivity contribution is -0.141. The molecule has 0 aromatic carbocycles. The number of Topliss-reactive ketones (excluding diaryl/α,β-unsaturated/α-hetero) is 1. The predicted octanol–water partition coefficient (Wildman–Crippen LogP) is 4.17. The van der Waals surface area contributed by atoms with Gasteiger partial charge >= 0.3 is 6.18 Å². The summed E-state index contributed by atoms with van der Waals surface area (Å²) in [6, 6.07) is 4.26. The largest absolute Gasteiger partial charge is 0.433 e. The Hall–Kier alpha value is -2.62. The molecular formula is C17H15F3N4O2S. The molecule has 0 bridgehead atoms. The second-order valence-corrected chi connectivity index (χ2v) is 6.79. The first-order chi connectivity index (χ1) is 12.7. The Balaban J connectivity index is 1.78. The van der Waals surface area contributed by atoms with Crippen molar-refractivity contribution >= 4 is 17.5 Å². The molecule has 0 saturated carbocycles. The zero-order valence-electron chi connectivity index (χ0n) is 14.7. The monoisotopic (exact) mass is 396 g/mol. The van der Waals surface area contributed by atoms with Crippen LogP contribution < -0.4 is 0 Å². The van der Waals surface area contributed by atoms with Gasteiger partial charge in [-0.15, -0.1) is 0 Å². The molecule has 142 valence electrons. The Kier molecular flexibility index (Phi) is 5.09. The number of carbonyl (C=O) groups is 1. The van der Waals surface area contributed by atoms with Gasteiger partial charge in [-0.25, -0.2) is 9.97 Å². The predicted molar refractivity (Wildman–Crippen MR) is 92.1 cm³/mol. The third kappa shape index (κ3) is 4.05. The van der Waals surface area contributed by atoms with E-state index in [1.54, 1.807) is 30.5 Å². The molecule has 3 aromatic rings. The lowest BCUT2D eigenvalue weighted by atomic mass is 10.2. The number of halogens is 3. The third-order valence-electron chi connectivity index (χ3n) is 3.83. The molecule has 3 heterocycles. The number of aryl methyl sites for hydroxylation is 2. The van der Waals surface area contributed by atoms with Crippen LogP contribution in [0.15, 0.2) is 34.1 Å². The topological polar surface area (TPSA) is 73.8 Å². The van der Waals surface area contributed by atoms with Crippen molar-refractivity contribution in [1.29, 1.82) is 0 Å². The van der Waals surface area contributed by atoms with Gasteiger partial charge in [-0.1, -0.05) is 16.9 Å². The standard InChI is InChI=1S/C17H15F3N4O2S/c1-9-6-12(11(3)24(9)15-7-10(2)26-23-15)13(25)8-27-16-21-5-4-14(22-16)17(18,19)20/h4-7H,8H2,1-3H3. The molecule has 0 saturated heterocycles. The van der Waals surface area contributed by atoms with Crippen molar-refractivity contribution < 1.29 is 22.5 Å². The lowest BCUT2D eigenvalue weighted by Gasteiger charge is -2.07. The van der Waals surface area contributed by atoms with Crippen molar-refractivity contribution in [2.24, 2.45) is 0 Å². The first-order valence-electron chi connectivity index (χ1n) is 7.85. The minimum absolute atomic E-state index is 0.0799. The van der Waals surface area contributed by atoms with Gasteiger partial charge in [0.05, 0.1) is 5.75 Å². The smallest absolute Gasteiger partial charge is 0.360 e. The highest BCUT2D eigenvalue weighted by Crippen LogP contribution is 2.29. The Morgan fingerprint density at radius 2 is 2.00 bits per heavy atom. The lowest BCUT2D eigenvalue weighted by Crippen LogP contribution is -2.10. The van der Waals surface area contributed by atoms with Crippen molar-refractivity contribution in [2.75, 3.05) is 5.75 Å². The maximum atomic E-state index is 12.7. The van der Waals surface area contributed by atoms with Crippen LogP contribution in [-0.2, 0) is 6.18 Å². The minimum Gasteiger partial charge on any atom is -0.360 e. The van der Waals surface area contributed by atoms with E-state index < -0.39 is 11.9 Å². The molecule has 0 aliphatic heterocycles. The van der Waals surface area contributed by atoms with E-state index in [1.165, 1.54) is 0 Å². The van der Waals surface area contributed by atoms with Gasteiger partial charge in [-0.3, -0.25) is 9.36 Å². The molecule has 0 aliphatic carbocycles. The number of carbonyl (C=O) groups excluding carboxylic acids is 1. The van der Waals surface area contributed by atoms with Gasteiger partial charge in [0.25, 0.3) is 0 Å². The molecule has 10 heteroatoms. The van der Waals surface area contributed by atoms with Crippen LogP contribution in [0.5, 0.6) is 0 Å². The van der Waals surface area contributed by atoms with Crippen LogP contribution in [0.4, 0.5) is 13.2 Å². The molecule has 0 aliphatic rings. The molecule has 0 amide bonds. The highest BCUT2D eigenvalue weighted by molar-refractivity contribution is 7.99. The summed E-state index contributed by atoms with van der Waals surface area (Å²) in [6.07, 6.45) is -3.52. The molecule has 0 spiro atoms. The van der Waals surface area contributed by atoms with Gasteiger partial charge in [-0.2, -0.15) is 13.2 Å². The summed E-state index contributed by atoms with van der Waals surface area (Å²) in [6.45, 7) is 5.37. The number of rotatable bonds is 5. The Morgan fingerprint density at radius 3 is 2.63 bits per heavy atom. The van der Waals surface area contributed by atoms with E-state index in [9.17, 15) is 18.0 Å². The SMILES string of the molecule is Cc1cc(-n2c(C)cc(C(=O)CSc3nccc(C(F)(F)F)n3)c2C)no1. The van der Waals surface area contributed by atoms with Crippen molar-refractivity contribution in [3.8, 4) is 5.82 Å². The van der Waals surface area contributed by atoms with Crippen LogP contribution in [0.3, 0.4) is 0 Å². The van der Waals surface area contributed by atoms with Crippen molar-refractivity contribution in [2.45, 2.75) is 32.1 Å². The van der Waals surface area contributed by atoms with Crippen molar-refractivity contribution in [3.63, 3.8) is 0 Å². The summed E-state index contributed by atoms with van der Waals surface area (Å²) in [5.41, 5.74) is 0.903. The second kappa shape index (κ2) is 7.18. The van der Waals surface area contributed by atoms with Crippen molar-refractivity contribution in [3.05, 3.63) is 52.8 Å². The molecule has 0 N–H and O–H groups in total. The van der Waals surface area contributed by atoms with Crippen molar-refractivity contribution in [1.82, 2.24) is 19.7 Å². The molecule has 3 aromatic heterocycles. The maximum absolute atomic E-state index is 12.7. The van der Waals surface area contributed by atoms with Gasteiger partial charge in [-0.05, 0) is 32.9 Å². The normalized spacial score (nSPS) is 11.8. The number of aromatic nitrogens is 4. The summed E-state index contributed by atoms with van der Waals surface area (Å²) < 4.78 is 45.0. The molecule has 3 rings (SSSR count). The first-order valence-corrected chi connectivity index (χ1v) is 8.84. The van der Waals surface area contributed by atoms with Gasteiger partial charge in [0.15, 0.2) is 16.8 Å². The summed E-state index contributed by atoms with van der Waals surface area (Å²) in [7, 11) is 0. The van der Waals surface area contributed by atoms with E-state index >= 15 is 0 Å². The van der Waals surface area contributed by atoms with E-state index in [-0.39, 0.29) is 16.7 Å². The Labute approximate surface area is 156 Å². The van der Waals surface area contributed by atoms with E-state index in [2.05, 4.69) is 15.1 Å². The Morgan fingerprint density at radius 1 is 1.26 bits per heavy atom. The van der Waals surface area contributed by atoms with Gasteiger partial charge in [0, 0.05) is 29.2 Å². The third-order valence-corrected chi connectivity index (χ3v) is 4.69. The number of nitrogens with zero attached hydrogens (tertiary/aromatic N) is 4. The summed E-state index contributed by atoms with van der Waals surface area (Å²) in [5.74, 6) is 0.891. The average Bonchev–Trinajstić information content (AvgIpc) is 3.15. The average molecular weight is 396 g/mol. The van der Waals surface area contributed by atoms with Gasteiger partial charge < -0.3 is 4.52 Å². The van der Waals surface area contributed by atoms with Crippen LogP contribution in [0.1, 0.15) is 33.2 Å². The number of alkyl halides is 3. The van der Waals surface area contributed by atoms with Crippen LogP contribution >= 0.6 is 11.8 Å². The zero-order valence-corrected chi connectivity index (χ0v) is 15.5. The number of hydrogen-bond donors (Lipinski definition) is 0. The van der Waals surface area contributed by atoms with Crippen LogP contribution in [-0.4, -0.2) is 31.2 Å². The summed E-state index contributed by atoms with van der Waals surface area (Å²) in [5, 5.41) is 3.85. The van der Waals surface area contributed by atoms with Crippen LogP contribution in [0.2, 0.25) is 0 Å². The van der Waals surface area contributed by atoms with E-state index in [4.69, 9.17) is 4.52 Å². The minimum atomic E-state index is -4.55. The fourth-order valence-corrected chi connectivity index (χ4v) is 3.35. The molecule has 6 nitrogen and oxygen atoms in total. The van der Waals surface area contributed by atoms with E-state index in [0.29, 0.717) is 22.8 Å². The molecule has 0 fully saturated rings. The van der Waals surface area contributed by atoms with E-state index in [1.807, 2.05) is 6.92 Å². The molecule has 0 atom stereocenters. The molecule has 0 radical (unpaired) electrons. The second-order valence-electron chi connectivity index (χ2n) is 5.85. The van der Waals surface area contributed by atoms with Gasteiger partial charge in [0.1, 0.15) is 11.5 Å².